The fourth-order valence-corrected chi connectivity index (χ4v) is 6.30. The summed E-state index contributed by atoms with van der Waals surface area (Å²) in [6.45, 7) is -0.846. The highest BCUT2D eigenvalue weighted by Crippen LogP contribution is 2.76. The molecule has 3 unspecified atom stereocenters. The lowest BCUT2D eigenvalue weighted by atomic mass is 10.2. The number of nitrogens with zero attached hydrogens (tertiary/aromatic N) is 2. The van der Waals surface area contributed by atoms with E-state index in [-0.39, 0.29) is 18.7 Å². The van der Waals surface area contributed by atoms with Gasteiger partial charge in [0.1, 0.15) is 12.7 Å². The van der Waals surface area contributed by atoms with Crippen molar-refractivity contribution in [2.75, 3.05) is 6.61 Å². The lowest BCUT2D eigenvalue weighted by Gasteiger charge is -2.21. The molecule has 0 spiro atoms. The molecule has 2 aliphatic rings. The third kappa shape index (κ3) is 9.52. The third-order valence-electron chi connectivity index (χ3n) is 4.37. The molecule has 1 fully saturated rings. The highest BCUT2D eigenvalue weighted by Gasteiger charge is 2.65. The Balaban J connectivity index is 1.96. The van der Waals surface area contributed by atoms with E-state index in [0.717, 1.165) is 4.58 Å². The number of aliphatic imine (C=N–C) groups is 1. The number of carboxylic acid groups (broad SMARTS) is 1. The van der Waals surface area contributed by atoms with Crippen molar-refractivity contribution in [1.82, 2.24) is 5.32 Å². The van der Waals surface area contributed by atoms with E-state index in [1.165, 1.54) is 12.6 Å². The Morgan fingerprint density at radius 3 is 2.58 bits per heavy atom. The van der Waals surface area contributed by atoms with E-state index in [0.29, 0.717) is 0 Å². The standard InChI is InChI=1S/C13H21N6O16P3/c14-31-36(25,26)34-38(28,33-16)35-37(27,32-15)29-6-8-7(20)5-11(30-8)19-4-3-9(18-13(19)24)17-10(21)1-2-12(22)23/h3-4,7-8,11,20H,1-2,5-6,14-16H2,(H-2,17,18,21,22,23,24,25,26)/q+1/p+2/t7-,8+,11+,37?,38?/m0/s1. The van der Waals surface area contributed by atoms with Crippen LogP contribution in [0.3, 0.4) is 0 Å². The number of aliphatic carboxylic acids is 1. The fourth-order valence-electron chi connectivity index (χ4n) is 2.72. The van der Waals surface area contributed by atoms with Crippen LogP contribution in [0.5, 0.6) is 0 Å². The topological polar surface area (TPSA) is 342 Å². The Morgan fingerprint density at radius 2 is 2.03 bits per heavy atom. The summed E-state index contributed by atoms with van der Waals surface area (Å²) in [5.41, 5.74) is 0. The Morgan fingerprint density at radius 1 is 1.34 bits per heavy atom. The molecule has 10 N–H and O–H groups in total. The molecule has 0 saturated carbocycles. The van der Waals surface area contributed by atoms with Crippen molar-refractivity contribution in [1.29, 1.82) is 0 Å². The number of carbonyl (C=O) groups is 3. The number of rotatable bonds is 14. The number of carboxylic acids is 1. The highest BCUT2D eigenvalue weighted by molar-refractivity contribution is 7.72. The first kappa shape index (κ1) is 32.6. The molecule has 1 saturated heterocycles. The molecule has 3 amide bonds. The van der Waals surface area contributed by atoms with Gasteiger partial charge >= 0.3 is 42.0 Å². The number of ether oxygens (including phenoxy) is 1. The van der Waals surface area contributed by atoms with Gasteiger partial charge in [0.15, 0.2) is 0 Å². The first-order valence-electron chi connectivity index (χ1n) is 9.84. The molecule has 1 radical (unpaired) electrons. The lowest BCUT2D eigenvalue weighted by Crippen LogP contribution is -2.40. The van der Waals surface area contributed by atoms with E-state index < -0.39 is 73.5 Å². The van der Waals surface area contributed by atoms with E-state index in [2.05, 4.69) is 44.6 Å². The number of amidine groups is 1. The normalized spacial score (nSPS) is 26.3. The van der Waals surface area contributed by atoms with Gasteiger partial charge in [-0.15, -0.1) is 9.10 Å². The zero-order valence-corrected chi connectivity index (χ0v) is 21.5. The maximum absolute atomic E-state index is 12.5. The Kier molecular flexibility index (Phi) is 11.7. The van der Waals surface area contributed by atoms with Crippen molar-refractivity contribution in [3.05, 3.63) is 6.42 Å². The van der Waals surface area contributed by atoms with Gasteiger partial charge in [0.05, 0.1) is 26.7 Å². The molecule has 0 bridgehead atoms. The van der Waals surface area contributed by atoms with Crippen LogP contribution in [0.25, 0.3) is 0 Å². The molecule has 6 atom stereocenters. The van der Waals surface area contributed by atoms with Gasteiger partial charge in [-0.2, -0.15) is 21.2 Å². The number of carbonyl (C=O) groups excluding carboxylic acids is 2. The number of hydrogen-bond acceptors (Lipinski definition) is 16. The minimum absolute atomic E-state index is 0.167. The molecule has 0 aromatic rings. The number of aliphatic hydroxyl groups is 1. The van der Waals surface area contributed by atoms with Crippen LogP contribution < -0.4 is 27.9 Å². The smallest absolute Gasteiger partial charge is 0.600 e. The summed E-state index contributed by atoms with van der Waals surface area (Å²) in [6.07, 6.45) is -2.45. The van der Waals surface area contributed by atoms with Crippen LogP contribution in [0.4, 0.5) is 4.79 Å². The summed E-state index contributed by atoms with van der Waals surface area (Å²) in [7, 11) is -15.8. The second kappa shape index (κ2) is 13.6. The van der Waals surface area contributed by atoms with Crippen LogP contribution in [-0.2, 0) is 50.8 Å². The molecule has 25 heteroatoms. The number of urea groups is 1. The van der Waals surface area contributed by atoms with E-state index in [9.17, 15) is 33.8 Å². The molecule has 0 aliphatic carbocycles. The molecule has 0 aromatic heterocycles. The predicted molar refractivity (Wildman–Crippen MR) is 116 cm³/mol. The van der Waals surface area contributed by atoms with Crippen LogP contribution in [0.1, 0.15) is 19.3 Å². The zero-order valence-electron chi connectivity index (χ0n) is 18.8. The van der Waals surface area contributed by atoms with Crippen molar-refractivity contribution < 1.29 is 80.2 Å². The first-order chi connectivity index (χ1) is 17.6. The van der Waals surface area contributed by atoms with Crippen molar-refractivity contribution in [3.63, 3.8) is 0 Å². The van der Waals surface area contributed by atoms with Crippen LogP contribution in [0.15, 0.2) is 4.99 Å². The lowest BCUT2D eigenvalue weighted by molar-refractivity contribution is -0.521. The zero-order chi connectivity index (χ0) is 28.7. The summed E-state index contributed by atoms with van der Waals surface area (Å²) >= 11 is 0. The van der Waals surface area contributed by atoms with Gasteiger partial charge in [0, 0.05) is 12.8 Å². The minimum Gasteiger partial charge on any atom is -0.600 e. The van der Waals surface area contributed by atoms with E-state index in [4.69, 9.17) is 25.2 Å². The van der Waals surface area contributed by atoms with Crippen LogP contribution >= 0.6 is 24.2 Å². The Bertz CT molecular complexity index is 1020. The number of nitrogens with two attached hydrogens (primary N) is 3. The van der Waals surface area contributed by atoms with E-state index in [1.807, 2.05) is 0 Å². The average Bonchev–Trinajstić information content (AvgIpc) is 3.21. The summed E-state index contributed by atoms with van der Waals surface area (Å²) in [4.78, 5) is 72.0. The van der Waals surface area contributed by atoms with E-state index >= 15 is 0 Å². The van der Waals surface area contributed by atoms with Gasteiger partial charge in [-0.25, -0.2) is 10.5 Å². The van der Waals surface area contributed by atoms with Crippen molar-refractivity contribution in [3.8, 4) is 0 Å². The molecular weight excluding hydrogens is 589 g/mol. The second-order valence-electron chi connectivity index (χ2n) is 7.02. The van der Waals surface area contributed by atoms with Gasteiger partial charge in [-0.1, -0.05) is 13.6 Å². The van der Waals surface area contributed by atoms with Gasteiger partial charge in [-0.05, 0) is 0 Å². The number of hydrogen-bond donors (Lipinski definition) is 7. The molecule has 22 nitrogen and oxygen atoms in total. The second-order valence-corrected chi connectivity index (χ2v) is 11.9. The minimum atomic E-state index is -5.39. The quantitative estimate of drug-likeness (QED) is 0.0451. The molecule has 213 valence electrons. The fraction of sp³-hybridized carbons (Fsp3) is 0.538. The molecule has 2 rings (SSSR count). The molecular formula is C13H23N6O16P3+3. The average molecular weight is 612 g/mol. The van der Waals surface area contributed by atoms with Gasteiger partial charge < -0.3 is 19.8 Å². The first-order valence-corrected chi connectivity index (χ1v) is 14.3. The number of phosphoric acid groups is 2. The van der Waals surface area contributed by atoms with E-state index in [1.54, 1.807) is 0 Å². The highest BCUT2D eigenvalue weighted by atomic mass is 31.3. The summed E-state index contributed by atoms with van der Waals surface area (Å²) in [5, 5.41) is 21.1. The summed E-state index contributed by atoms with van der Waals surface area (Å²) < 4.78 is 42.1. The number of amides is 3. The van der Waals surface area contributed by atoms with Crippen LogP contribution in [0.2, 0.25) is 0 Å². The van der Waals surface area contributed by atoms with Crippen LogP contribution in [-0.4, -0.2) is 74.7 Å². The maximum atomic E-state index is 12.5. The Labute approximate surface area is 213 Å². The predicted octanol–water partition coefficient (Wildman–Crippen LogP) is -2.77. The third-order valence-corrected chi connectivity index (χ3v) is 8.84. The van der Waals surface area contributed by atoms with Crippen molar-refractivity contribution >= 4 is 54.1 Å². The van der Waals surface area contributed by atoms with Crippen molar-refractivity contribution in [2.24, 2.45) is 22.7 Å². The summed E-state index contributed by atoms with van der Waals surface area (Å²) in [6, 6.07) is -0.923. The molecule has 2 heterocycles. The van der Waals surface area contributed by atoms with Crippen LogP contribution in [0, 0.1) is 6.42 Å². The Hall–Kier alpha value is -1.65. The number of nitrogens with one attached hydrogen (secondary N) is 1. The summed E-state index contributed by atoms with van der Waals surface area (Å²) in [5.74, 6) is 11.9. The maximum Gasteiger partial charge on any atom is 0.671 e. The van der Waals surface area contributed by atoms with Gasteiger partial charge in [-0.3, -0.25) is 19.8 Å². The molecule has 38 heavy (non-hydrogen) atoms. The number of aliphatic hydroxyl groups excluding tert-OH is 1. The molecule has 2 aliphatic heterocycles. The largest absolute Gasteiger partial charge is 0.671 e. The van der Waals surface area contributed by atoms with Gasteiger partial charge in [0.25, 0.3) is 6.21 Å². The molecule has 0 aromatic carbocycles. The van der Waals surface area contributed by atoms with Crippen molar-refractivity contribution in [2.45, 2.75) is 37.7 Å². The SMILES string of the molecule is NOP(=O)(O)O[P+]([O-])(ON)O[P+]([O])(ON)OC[C@H]1O[C@@H]([N+]2=C[CH+]C(NC(=O)CCC(=O)O)=NC2=O)C[C@@H]1O. The monoisotopic (exact) mass is 612 g/mol. The van der Waals surface area contributed by atoms with Gasteiger partial charge in [0.2, 0.25) is 18.6 Å².